The molecule has 0 bridgehead atoms. The molecule has 1 aromatic rings. The molecule has 0 radical (unpaired) electrons. The van der Waals surface area contributed by atoms with E-state index in [1.807, 2.05) is 0 Å². The Hall–Kier alpha value is -0.830. The normalized spacial score (nSPS) is 27.6. The standard InChI is InChI=1S/C12H19N3/c1-2-5-9(4-1)10-8-14-15-12(10)11-6-3-7-13-11/h8-9,11,13H,1-7H2,(H,14,15). The van der Waals surface area contributed by atoms with E-state index in [0.717, 1.165) is 12.5 Å². The first kappa shape index (κ1) is 9.40. The van der Waals surface area contributed by atoms with Gasteiger partial charge in [0.25, 0.3) is 0 Å². The zero-order chi connectivity index (χ0) is 10.1. The summed E-state index contributed by atoms with van der Waals surface area (Å²) in [5, 5.41) is 11.0. The Bertz CT molecular complexity index is 289. The minimum atomic E-state index is 0.545. The number of aromatic amines is 1. The van der Waals surface area contributed by atoms with Crippen LogP contribution in [0.4, 0.5) is 0 Å². The van der Waals surface area contributed by atoms with Gasteiger partial charge < -0.3 is 5.32 Å². The molecule has 2 N–H and O–H groups in total. The van der Waals surface area contributed by atoms with Crippen molar-refractivity contribution in [3.05, 3.63) is 17.5 Å². The zero-order valence-corrected chi connectivity index (χ0v) is 9.13. The third-order valence-corrected chi connectivity index (χ3v) is 3.90. The molecule has 1 saturated heterocycles. The van der Waals surface area contributed by atoms with E-state index in [1.54, 1.807) is 0 Å². The maximum Gasteiger partial charge on any atom is 0.0556 e. The van der Waals surface area contributed by atoms with Crippen LogP contribution in [0.25, 0.3) is 0 Å². The second-order valence-corrected chi connectivity index (χ2v) is 4.87. The highest BCUT2D eigenvalue weighted by atomic mass is 15.1. The van der Waals surface area contributed by atoms with E-state index in [0.29, 0.717) is 6.04 Å². The number of nitrogens with one attached hydrogen (secondary N) is 2. The first-order valence-corrected chi connectivity index (χ1v) is 6.21. The number of rotatable bonds is 2. The van der Waals surface area contributed by atoms with Crippen LogP contribution in [0.1, 0.15) is 61.7 Å². The SMILES string of the molecule is c1n[nH]c(C2CCCN2)c1C1CCCC1. The largest absolute Gasteiger partial charge is 0.309 e. The van der Waals surface area contributed by atoms with Crippen molar-refractivity contribution >= 4 is 0 Å². The van der Waals surface area contributed by atoms with Crippen molar-refractivity contribution in [3.8, 4) is 0 Å². The van der Waals surface area contributed by atoms with Gasteiger partial charge in [-0.3, -0.25) is 5.10 Å². The van der Waals surface area contributed by atoms with Crippen molar-refractivity contribution in [2.75, 3.05) is 6.54 Å². The van der Waals surface area contributed by atoms with Gasteiger partial charge in [-0.1, -0.05) is 12.8 Å². The van der Waals surface area contributed by atoms with Crippen LogP contribution in [0, 0.1) is 0 Å². The van der Waals surface area contributed by atoms with Crippen molar-refractivity contribution < 1.29 is 0 Å². The average Bonchev–Trinajstić information content (AvgIpc) is 3.01. The maximum atomic E-state index is 4.25. The van der Waals surface area contributed by atoms with Gasteiger partial charge in [0.2, 0.25) is 0 Å². The molecular weight excluding hydrogens is 186 g/mol. The molecular formula is C12H19N3. The van der Waals surface area contributed by atoms with E-state index in [1.165, 1.54) is 49.8 Å². The van der Waals surface area contributed by atoms with Gasteiger partial charge in [0.05, 0.1) is 11.9 Å². The van der Waals surface area contributed by atoms with Gasteiger partial charge in [-0.15, -0.1) is 0 Å². The van der Waals surface area contributed by atoms with Gasteiger partial charge in [-0.25, -0.2) is 0 Å². The summed E-state index contributed by atoms with van der Waals surface area (Å²) >= 11 is 0. The lowest BCUT2D eigenvalue weighted by atomic mass is 9.95. The molecule has 1 unspecified atom stereocenters. The van der Waals surface area contributed by atoms with Gasteiger partial charge in [-0.2, -0.15) is 5.10 Å². The van der Waals surface area contributed by atoms with Crippen molar-refractivity contribution in [2.24, 2.45) is 0 Å². The van der Waals surface area contributed by atoms with Crippen LogP contribution >= 0.6 is 0 Å². The first-order chi connectivity index (χ1) is 7.45. The van der Waals surface area contributed by atoms with E-state index < -0.39 is 0 Å². The molecule has 1 aromatic heterocycles. The zero-order valence-electron chi connectivity index (χ0n) is 9.13. The fourth-order valence-electron chi connectivity index (χ4n) is 3.08. The van der Waals surface area contributed by atoms with Crippen molar-refractivity contribution in [3.63, 3.8) is 0 Å². The average molecular weight is 205 g/mol. The predicted octanol–water partition coefficient (Wildman–Crippen LogP) is 2.49. The number of hydrogen-bond acceptors (Lipinski definition) is 2. The number of H-pyrrole nitrogens is 1. The third-order valence-electron chi connectivity index (χ3n) is 3.90. The molecule has 1 atom stereocenters. The number of hydrogen-bond donors (Lipinski definition) is 2. The highest BCUT2D eigenvalue weighted by molar-refractivity contribution is 5.25. The fourth-order valence-corrected chi connectivity index (χ4v) is 3.08. The minimum Gasteiger partial charge on any atom is -0.309 e. The summed E-state index contributed by atoms with van der Waals surface area (Å²) in [5.41, 5.74) is 2.87. The highest BCUT2D eigenvalue weighted by Crippen LogP contribution is 2.37. The monoisotopic (exact) mass is 205 g/mol. The highest BCUT2D eigenvalue weighted by Gasteiger charge is 2.26. The summed E-state index contributed by atoms with van der Waals surface area (Å²) in [6, 6.07) is 0.545. The van der Waals surface area contributed by atoms with Crippen molar-refractivity contribution in [1.82, 2.24) is 15.5 Å². The summed E-state index contributed by atoms with van der Waals surface area (Å²) in [4.78, 5) is 0. The van der Waals surface area contributed by atoms with E-state index in [2.05, 4.69) is 21.7 Å². The first-order valence-electron chi connectivity index (χ1n) is 6.21. The van der Waals surface area contributed by atoms with Crippen LogP contribution in [0.2, 0.25) is 0 Å². The summed E-state index contributed by atoms with van der Waals surface area (Å²) < 4.78 is 0. The van der Waals surface area contributed by atoms with Gasteiger partial charge in [0, 0.05) is 6.04 Å². The van der Waals surface area contributed by atoms with Crippen LogP contribution < -0.4 is 5.32 Å². The molecule has 1 saturated carbocycles. The van der Waals surface area contributed by atoms with E-state index in [-0.39, 0.29) is 0 Å². The Morgan fingerprint density at radius 3 is 2.73 bits per heavy atom. The van der Waals surface area contributed by atoms with E-state index >= 15 is 0 Å². The molecule has 15 heavy (non-hydrogen) atoms. The lowest BCUT2D eigenvalue weighted by Gasteiger charge is -2.14. The Morgan fingerprint density at radius 2 is 2.00 bits per heavy atom. The topological polar surface area (TPSA) is 40.7 Å². The van der Waals surface area contributed by atoms with Crippen LogP contribution in [0.3, 0.4) is 0 Å². The van der Waals surface area contributed by atoms with Gasteiger partial charge in [0.1, 0.15) is 0 Å². The summed E-state index contributed by atoms with van der Waals surface area (Å²) in [7, 11) is 0. The second kappa shape index (κ2) is 3.97. The van der Waals surface area contributed by atoms with Crippen LogP contribution in [-0.4, -0.2) is 16.7 Å². The van der Waals surface area contributed by atoms with Crippen LogP contribution in [0.15, 0.2) is 6.20 Å². The Balaban J connectivity index is 1.84. The predicted molar refractivity (Wildman–Crippen MR) is 59.8 cm³/mol. The number of nitrogens with zero attached hydrogens (tertiary/aromatic N) is 1. The quantitative estimate of drug-likeness (QED) is 0.778. The Morgan fingerprint density at radius 1 is 1.13 bits per heavy atom. The maximum absolute atomic E-state index is 4.25. The van der Waals surface area contributed by atoms with E-state index in [4.69, 9.17) is 0 Å². The fraction of sp³-hybridized carbons (Fsp3) is 0.750. The van der Waals surface area contributed by atoms with Crippen molar-refractivity contribution in [2.45, 2.75) is 50.5 Å². The molecule has 1 aliphatic heterocycles. The molecule has 82 valence electrons. The van der Waals surface area contributed by atoms with Crippen molar-refractivity contribution in [1.29, 1.82) is 0 Å². The summed E-state index contributed by atoms with van der Waals surface area (Å²) in [6.07, 6.45) is 10.1. The molecule has 2 fully saturated rings. The van der Waals surface area contributed by atoms with E-state index in [9.17, 15) is 0 Å². The molecule has 0 spiro atoms. The lowest BCUT2D eigenvalue weighted by molar-refractivity contribution is 0.603. The molecule has 3 rings (SSSR count). The molecule has 1 aliphatic carbocycles. The van der Waals surface area contributed by atoms with Crippen LogP contribution in [-0.2, 0) is 0 Å². The Kier molecular flexibility index (Phi) is 2.49. The second-order valence-electron chi connectivity index (χ2n) is 4.87. The minimum absolute atomic E-state index is 0.545. The molecule has 2 aliphatic rings. The summed E-state index contributed by atoms with van der Waals surface area (Å²) in [6.45, 7) is 1.16. The molecule has 0 aromatic carbocycles. The third kappa shape index (κ3) is 1.69. The number of aromatic nitrogens is 2. The lowest BCUT2D eigenvalue weighted by Crippen LogP contribution is -2.15. The summed E-state index contributed by atoms with van der Waals surface area (Å²) in [5.74, 6) is 0.779. The molecule has 3 heteroatoms. The Labute approximate surface area is 90.7 Å². The van der Waals surface area contributed by atoms with Gasteiger partial charge in [0.15, 0.2) is 0 Å². The van der Waals surface area contributed by atoms with Crippen LogP contribution in [0.5, 0.6) is 0 Å². The molecule has 3 nitrogen and oxygen atoms in total. The van der Waals surface area contributed by atoms with Gasteiger partial charge >= 0.3 is 0 Å². The smallest absolute Gasteiger partial charge is 0.0556 e. The molecule has 2 heterocycles. The molecule has 0 amide bonds. The van der Waals surface area contributed by atoms with Gasteiger partial charge in [-0.05, 0) is 43.7 Å².